The molecule has 0 aliphatic carbocycles. The van der Waals surface area contributed by atoms with E-state index >= 15 is 0 Å². The monoisotopic (exact) mass is 295 g/mol. The molecule has 1 heterocycles. The van der Waals surface area contributed by atoms with Crippen molar-refractivity contribution in [1.82, 2.24) is 0 Å². The Bertz CT molecular complexity index is 810. The van der Waals surface area contributed by atoms with Crippen LogP contribution in [0.5, 0.6) is 0 Å². The van der Waals surface area contributed by atoms with Crippen LogP contribution in [0.2, 0.25) is 0 Å². The average Bonchev–Trinajstić information content (AvgIpc) is 2.91. The van der Waals surface area contributed by atoms with Crippen LogP contribution in [0.25, 0.3) is 11.0 Å². The molecule has 1 aromatic heterocycles. The second-order valence-corrected chi connectivity index (χ2v) is 5.40. The molecule has 0 spiro atoms. The zero-order valence-corrected chi connectivity index (χ0v) is 12.5. The maximum absolute atomic E-state index is 12.3. The quantitative estimate of drug-likeness (QED) is 0.772. The fourth-order valence-corrected chi connectivity index (χ4v) is 2.35. The molecule has 0 unspecified atom stereocenters. The summed E-state index contributed by atoms with van der Waals surface area (Å²) in [6, 6.07) is 12.8. The first-order valence-electron chi connectivity index (χ1n) is 7.09. The predicted molar refractivity (Wildman–Crippen MR) is 86.0 cm³/mol. The van der Waals surface area contributed by atoms with Crippen LogP contribution in [0.3, 0.4) is 0 Å². The first kappa shape index (κ1) is 14.4. The number of hydrogen-bond donors (Lipinski definition) is 2. The van der Waals surface area contributed by atoms with Gasteiger partial charge in [-0.05, 0) is 60.9 Å². The number of fused-ring (bicyclic) bond motifs is 1. The number of anilines is 1. The van der Waals surface area contributed by atoms with Crippen molar-refractivity contribution in [2.75, 3.05) is 5.32 Å². The van der Waals surface area contributed by atoms with Crippen molar-refractivity contribution in [3.63, 3.8) is 0 Å². The number of hydrogen-bond acceptors (Lipinski definition) is 3. The van der Waals surface area contributed by atoms with E-state index in [4.69, 9.17) is 9.52 Å². The van der Waals surface area contributed by atoms with E-state index < -0.39 is 0 Å². The van der Waals surface area contributed by atoms with Gasteiger partial charge in [-0.1, -0.05) is 12.1 Å². The number of carbonyl (C=O) groups excluding carboxylic acids is 1. The molecule has 0 aliphatic heterocycles. The molecule has 0 bridgehead atoms. The van der Waals surface area contributed by atoms with Gasteiger partial charge in [0.1, 0.15) is 5.58 Å². The maximum Gasteiger partial charge on any atom is 0.291 e. The third-order valence-electron chi connectivity index (χ3n) is 3.72. The van der Waals surface area contributed by atoms with Gasteiger partial charge in [-0.2, -0.15) is 0 Å². The Kier molecular flexibility index (Phi) is 3.69. The molecular weight excluding hydrogens is 278 g/mol. The highest BCUT2D eigenvalue weighted by molar-refractivity contribution is 6.04. The fourth-order valence-electron chi connectivity index (χ4n) is 2.35. The van der Waals surface area contributed by atoms with E-state index in [2.05, 4.69) is 5.32 Å². The lowest BCUT2D eigenvalue weighted by Gasteiger charge is -2.04. The molecule has 4 heteroatoms. The molecule has 112 valence electrons. The lowest BCUT2D eigenvalue weighted by atomic mass is 10.1. The van der Waals surface area contributed by atoms with Gasteiger partial charge in [0.2, 0.25) is 0 Å². The van der Waals surface area contributed by atoms with Crippen LogP contribution in [0.1, 0.15) is 27.2 Å². The van der Waals surface area contributed by atoms with E-state index in [1.807, 2.05) is 26.0 Å². The van der Waals surface area contributed by atoms with Crippen LogP contribution in [-0.4, -0.2) is 11.0 Å². The molecule has 1 amide bonds. The Morgan fingerprint density at radius 1 is 1.14 bits per heavy atom. The highest BCUT2D eigenvalue weighted by atomic mass is 16.3. The third-order valence-corrected chi connectivity index (χ3v) is 3.72. The summed E-state index contributed by atoms with van der Waals surface area (Å²) in [4.78, 5) is 12.3. The summed E-state index contributed by atoms with van der Waals surface area (Å²) in [6.45, 7) is 3.98. The summed E-state index contributed by atoms with van der Waals surface area (Å²) in [5, 5.41) is 12.8. The first-order chi connectivity index (χ1) is 10.6. The molecule has 0 fully saturated rings. The van der Waals surface area contributed by atoms with Gasteiger partial charge in [0, 0.05) is 11.1 Å². The average molecular weight is 295 g/mol. The second kappa shape index (κ2) is 5.66. The highest BCUT2D eigenvalue weighted by Gasteiger charge is 2.13. The summed E-state index contributed by atoms with van der Waals surface area (Å²) >= 11 is 0. The van der Waals surface area contributed by atoms with E-state index in [1.165, 1.54) is 0 Å². The molecule has 0 saturated heterocycles. The van der Waals surface area contributed by atoms with Crippen molar-refractivity contribution in [1.29, 1.82) is 0 Å². The smallest absolute Gasteiger partial charge is 0.291 e. The summed E-state index contributed by atoms with van der Waals surface area (Å²) < 4.78 is 5.63. The first-order valence-corrected chi connectivity index (χ1v) is 7.09. The number of aliphatic hydroxyl groups is 1. The summed E-state index contributed by atoms with van der Waals surface area (Å²) in [7, 11) is 0. The predicted octanol–water partition coefficient (Wildman–Crippen LogP) is 3.79. The Labute approximate surface area is 128 Å². The summed E-state index contributed by atoms with van der Waals surface area (Å²) in [6.07, 6.45) is 0. The number of benzene rings is 2. The van der Waals surface area contributed by atoms with Crippen molar-refractivity contribution in [2.45, 2.75) is 20.5 Å². The molecule has 3 aromatic rings. The van der Waals surface area contributed by atoms with E-state index in [0.29, 0.717) is 11.3 Å². The molecule has 0 radical (unpaired) electrons. The largest absolute Gasteiger partial charge is 0.451 e. The van der Waals surface area contributed by atoms with Gasteiger partial charge >= 0.3 is 0 Å². The Hall–Kier alpha value is -2.59. The lowest BCUT2D eigenvalue weighted by molar-refractivity contribution is 0.0998. The van der Waals surface area contributed by atoms with Gasteiger partial charge in [-0.3, -0.25) is 4.79 Å². The Balaban J connectivity index is 1.88. The van der Waals surface area contributed by atoms with Crippen LogP contribution >= 0.6 is 0 Å². The van der Waals surface area contributed by atoms with Gasteiger partial charge < -0.3 is 14.8 Å². The van der Waals surface area contributed by atoms with Gasteiger partial charge in [-0.25, -0.2) is 0 Å². The Morgan fingerprint density at radius 2 is 1.91 bits per heavy atom. The van der Waals surface area contributed by atoms with E-state index in [-0.39, 0.29) is 18.3 Å². The molecule has 0 aliphatic rings. The van der Waals surface area contributed by atoms with Crippen LogP contribution < -0.4 is 5.32 Å². The molecule has 2 aromatic carbocycles. The molecule has 22 heavy (non-hydrogen) atoms. The SMILES string of the molecule is Cc1cc2cc(C(=O)Nc3cccc(CO)c3)oc2cc1C. The maximum atomic E-state index is 12.3. The van der Waals surface area contributed by atoms with Gasteiger partial charge in [0.25, 0.3) is 5.91 Å². The number of carbonyl (C=O) groups is 1. The van der Waals surface area contributed by atoms with E-state index in [9.17, 15) is 4.79 Å². The van der Waals surface area contributed by atoms with Gasteiger partial charge in [-0.15, -0.1) is 0 Å². The van der Waals surface area contributed by atoms with E-state index in [0.717, 1.165) is 22.1 Å². The van der Waals surface area contributed by atoms with Crippen LogP contribution in [0, 0.1) is 13.8 Å². The number of rotatable bonds is 3. The molecule has 0 saturated carbocycles. The number of amides is 1. The third kappa shape index (κ3) is 2.73. The molecule has 0 atom stereocenters. The van der Waals surface area contributed by atoms with Crippen molar-refractivity contribution < 1.29 is 14.3 Å². The molecular formula is C18H17NO3. The van der Waals surface area contributed by atoms with Crippen molar-refractivity contribution >= 4 is 22.6 Å². The number of nitrogens with one attached hydrogen (secondary N) is 1. The van der Waals surface area contributed by atoms with Crippen molar-refractivity contribution in [2.24, 2.45) is 0 Å². The normalized spacial score (nSPS) is 10.9. The number of aliphatic hydroxyl groups excluding tert-OH is 1. The summed E-state index contributed by atoms with van der Waals surface area (Å²) in [5.74, 6) is -0.0315. The van der Waals surface area contributed by atoms with E-state index in [1.54, 1.807) is 30.3 Å². The minimum atomic E-state index is -0.304. The molecule has 4 nitrogen and oxygen atoms in total. The highest BCUT2D eigenvalue weighted by Crippen LogP contribution is 2.24. The minimum absolute atomic E-state index is 0.0626. The molecule has 2 N–H and O–H groups in total. The minimum Gasteiger partial charge on any atom is -0.451 e. The standard InChI is InChI=1S/C18H17NO3/c1-11-6-14-9-17(22-16(14)7-12(11)2)18(21)19-15-5-3-4-13(8-15)10-20/h3-9,20H,10H2,1-2H3,(H,19,21). The second-order valence-electron chi connectivity index (χ2n) is 5.40. The number of aryl methyl sites for hydroxylation is 2. The Morgan fingerprint density at radius 3 is 2.68 bits per heavy atom. The van der Waals surface area contributed by atoms with Gasteiger partial charge in [0.05, 0.1) is 6.61 Å². The molecule has 3 rings (SSSR count). The zero-order chi connectivity index (χ0) is 15.7. The van der Waals surface area contributed by atoms with Crippen LogP contribution in [0.4, 0.5) is 5.69 Å². The van der Waals surface area contributed by atoms with Crippen molar-refractivity contribution in [3.05, 3.63) is 64.9 Å². The zero-order valence-electron chi connectivity index (χ0n) is 12.5. The van der Waals surface area contributed by atoms with Crippen molar-refractivity contribution in [3.8, 4) is 0 Å². The fraction of sp³-hybridized carbons (Fsp3) is 0.167. The van der Waals surface area contributed by atoms with Crippen LogP contribution in [-0.2, 0) is 6.61 Å². The van der Waals surface area contributed by atoms with Gasteiger partial charge in [0.15, 0.2) is 5.76 Å². The lowest BCUT2D eigenvalue weighted by Crippen LogP contribution is -2.10. The van der Waals surface area contributed by atoms with Crippen LogP contribution in [0.15, 0.2) is 46.9 Å². The topological polar surface area (TPSA) is 62.5 Å². The summed E-state index contributed by atoms with van der Waals surface area (Å²) in [5.41, 5.74) is 4.37. The number of furan rings is 1.